The van der Waals surface area contributed by atoms with Crippen LogP contribution < -0.4 is 11.5 Å². The molecule has 1 heterocycles. The van der Waals surface area contributed by atoms with Gasteiger partial charge in [0.25, 0.3) is 0 Å². The van der Waals surface area contributed by atoms with Crippen molar-refractivity contribution in [3.05, 3.63) is 65.0 Å². The largest absolute Gasteiger partial charge is 0.416 e. The van der Waals surface area contributed by atoms with E-state index >= 15 is 0 Å². The molecule has 0 fully saturated rings. The fourth-order valence-electron chi connectivity index (χ4n) is 2.85. The molecule has 4 N–H and O–H groups in total. The number of nitrogens with two attached hydrogens (primary N) is 2. The van der Waals surface area contributed by atoms with Gasteiger partial charge in [0.15, 0.2) is 0 Å². The predicted molar refractivity (Wildman–Crippen MR) is 92.4 cm³/mol. The van der Waals surface area contributed by atoms with Crippen molar-refractivity contribution in [2.75, 3.05) is 11.5 Å². The zero-order valence-corrected chi connectivity index (χ0v) is 14.2. The van der Waals surface area contributed by atoms with Crippen molar-refractivity contribution >= 4 is 22.3 Å². The number of alkyl halides is 3. The minimum absolute atomic E-state index is 0.0675. The summed E-state index contributed by atoms with van der Waals surface area (Å²) in [6.45, 7) is 0. The molecule has 0 amide bonds. The highest BCUT2D eigenvalue weighted by Crippen LogP contribution is 2.36. The smallest absolute Gasteiger partial charge is 0.399 e. The third kappa shape index (κ3) is 3.57. The number of nitrogens with zero attached hydrogens (tertiary/aromatic N) is 1. The monoisotopic (exact) mass is 385 g/mol. The number of rotatable bonds is 2. The van der Waals surface area contributed by atoms with Crippen LogP contribution in [0.4, 0.5) is 23.2 Å². The molecule has 1 aliphatic heterocycles. The second-order valence-electron chi connectivity index (χ2n) is 5.90. The van der Waals surface area contributed by atoms with E-state index in [1.807, 2.05) is 0 Å². The molecule has 2 aromatic rings. The van der Waals surface area contributed by atoms with Gasteiger partial charge in [-0.05, 0) is 29.8 Å². The van der Waals surface area contributed by atoms with E-state index in [2.05, 4.69) is 4.99 Å². The lowest BCUT2D eigenvalue weighted by Crippen LogP contribution is -2.33. The minimum Gasteiger partial charge on any atom is -0.399 e. The van der Waals surface area contributed by atoms with Crippen LogP contribution in [0.3, 0.4) is 0 Å². The molecular formula is C17H15F4N3OS. The Labute approximate surface area is 149 Å². The van der Waals surface area contributed by atoms with Gasteiger partial charge in [-0.2, -0.15) is 13.2 Å². The number of halogens is 4. The Balaban J connectivity index is 1.98. The molecule has 0 aliphatic carbocycles. The van der Waals surface area contributed by atoms with Crippen LogP contribution in [-0.2, 0) is 17.0 Å². The highest BCUT2D eigenvalue weighted by molar-refractivity contribution is 7.86. The molecule has 3 atom stereocenters. The van der Waals surface area contributed by atoms with Gasteiger partial charge < -0.3 is 11.5 Å². The van der Waals surface area contributed by atoms with Gasteiger partial charge in [-0.15, -0.1) is 0 Å². The third-order valence-electron chi connectivity index (χ3n) is 4.05. The number of aliphatic imine (C=N–C) groups is 1. The summed E-state index contributed by atoms with van der Waals surface area (Å²) in [5.41, 5.74) is 11.3. The number of hydrogen-bond acceptors (Lipinski definition) is 4. The van der Waals surface area contributed by atoms with Crippen LogP contribution in [0.25, 0.3) is 0 Å². The minimum atomic E-state index is -4.52. The maximum atomic E-state index is 14.0. The summed E-state index contributed by atoms with van der Waals surface area (Å²) in [6.07, 6.45) is -4.52. The van der Waals surface area contributed by atoms with Gasteiger partial charge in [-0.3, -0.25) is 9.20 Å². The lowest BCUT2D eigenvalue weighted by molar-refractivity contribution is -0.137. The number of amidine groups is 1. The van der Waals surface area contributed by atoms with Gasteiger partial charge in [0.2, 0.25) is 0 Å². The van der Waals surface area contributed by atoms with Crippen molar-refractivity contribution in [3.8, 4) is 0 Å². The Bertz CT molecular complexity index is 898. The second kappa shape index (κ2) is 6.71. The van der Waals surface area contributed by atoms with Gasteiger partial charge in [0.05, 0.1) is 17.4 Å². The number of benzene rings is 2. The molecule has 0 spiro atoms. The summed E-state index contributed by atoms with van der Waals surface area (Å²) < 4.78 is 65.4. The lowest BCUT2D eigenvalue weighted by atomic mass is 10.0. The molecule has 9 heteroatoms. The van der Waals surface area contributed by atoms with E-state index in [1.165, 1.54) is 30.3 Å². The first-order chi connectivity index (χ1) is 12.2. The molecule has 4 nitrogen and oxygen atoms in total. The van der Waals surface area contributed by atoms with E-state index in [0.29, 0.717) is 5.69 Å². The van der Waals surface area contributed by atoms with Crippen LogP contribution in [-0.4, -0.2) is 15.8 Å². The third-order valence-corrected chi connectivity index (χ3v) is 5.74. The second-order valence-corrected chi connectivity index (χ2v) is 7.47. The van der Waals surface area contributed by atoms with E-state index in [0.717, 1.165) is 12.1 Å². The number of nitrogen functional groups attached to an aromatic ring is 1. The quantitative estimate of drug-likeness (QED) is 0.615. The number of hydrogen-bond donors (Lipinski definition) is 2. The molecule has 26 heavy (non-hydrogen) atoms. The molecule has 3 unspecified atom stereocenters. The van der Waals surface area contributed by atoms with Gasteiger partial charge in [-0.1, -0.05) is 18.2 Å². The summed E-state index contributed by atoms with van der Waals surface area (Å²) in [6, 6.07) is 7.63. The van der Waals surface area contributed by atoms with Crippen molar-refractivity contribution in [1.29, 1.82) is 0 Å². The fourth-order valence-corrected chi connectivity index (χ4v) is 4.39. The first-order valence-electron chi connectivity index (χ1n) is 7.59. The molecule has 3 rings (SSSR count). The first-order valence-corrected chi connectivity index (χ1v) is 8.97. The molecule has 0 bridgehead atoms. The Morgan fingerprint density at radius 2 is 1.85 bits per heavy atom. The van der Waals surface area contributed by atoms with Crippen LogP contribution in [0.5, 0.6) is 0 Å². The molecule has 0 radical (unpaired) electrons. The normalized spacial score (nSPS) is 23.5. The van der Waals surface area contributed by atoms with Crippen LogP contribution in [0.2, 0.25) is 0 Å². The first kappa shape index (κ1) is 18.4. The standard InChI is InChI=1S/C17H15F4N3OS/c18-13-5-4-11(22)7-12(13)14-8-26(25)15(16(23)24-14)9-2-1-3-10(6-9)17(19,20)21/h1-7,14-15H,8,22H2,(H2,23,24). The van der Waals surface area contributed by atoms with Crippen molar-refractivity contribution in [2.24, 2.45) is 10.7 Å². The molecular weight excluding hydrogens is 370 g/mol. The maximum Gasteiger partial charge on any atom is 0.416 e. The van der Waals surface area contributed by atoms with Crippen molar-refractivity contribution in [2.45, 2.75) is 17.5 Å². The van der Waals surface area contributed by atoms with E-state index in [1.54, 1.807) is 0 Å². The SMILES string of the molecule is NC1=NC(c2cc(N)ccc2F)CS(=O)C1c1cccc(C(F)(F)F)c1. The molecule has 0 saturated carbocycles. The predicted octanol–water partition coefficient (Wildman–Crippen LogP) is 3.33. The highest BCUT2D eigenvalue weighted by Gasteiger charge is 2.35. The number of anilines is 1. The molecule has 1 aliphatic rings. The zero-order valence-electron chi connectivity index (χ0n) is 13.3. The summed E-state index contributed by atoms with van der Waals surface area (Å²) in [5.74, 6) is -0.724. The summed E-state index contributed by atoms with van der Waals surface area (Å²) in [7, 11) is -1.67. The van der Waals surface area contributed by atoms with Gasteiger partial charge in [0, 0.05) is 22.1 Å². The van der Waals surface area contributed by atoms with Crippen LogP contribution in [0.1, 0.15) is 28.0 Å². The lowest BCUT2D eigenvalue weighted by Gasteiger charge is -2.26. The van der Waals surface area contributed by atoms with Gasteiger partial charge in [0.1, 0.15) is 16.9 Å². The average molecular weight is 385 g/mol. The van der Waals surface area contributed by atoms with E-state index in [-0.39, 0.29) is 22.7 Å². The van der Waals surface area contributed by atoms with E-state index in [9.17, 15) is 21.8 Å². The Morgan fingerprint density at radius 1 is 1.12 bits per heavy atom. The Morgan fingerprint density at radius 3 is 2.50 bits per heavy atom. The summed E-state index contributed by atoms with van der Waals surface area (Å²) in [5, 5.41) is -0.974. The maximum absolute atomic E-state index is 14.0. The van der Waals surface area contributed by atoms with Gasteiger partial charge in [-0.25, -0.2) is 4.39 Å². The summed E-state index contributed by atoms with van der Waals surface area (Å²) >= 11 is 0. The fraction of sp³-hybridized carbons (Fsp3) is 0.235. The van der Waals surface area contributed by atoms with Gasteiger partial charge >= 0.3 is 6.18 Å². The molecule has 0 aromatic heterocycles. The Hall–Kier alpha value is -2.42. The topological polar surface area (TPSA) is 81.5 Å². The van der Waals surface area contributed by atoms with Crippen molar-refractivity contribution in [3.63, 3.8) is 0 Å². The van der Waals surface area contributed by atoms with Crippen molar-refractivity contribution < 1.29 is 21.8 Å². The van der Waals surface area contributed by atoms with Crippen LogP contribution in [0, 0.1) is 5.82 Å². The van der Waals surface area contributed by atoms with Crippen LogP contribution >= 0.6 is 0 Å². The highest BCUT2D eigenvalue weighted by atomic mass is 32.2. The van der Waals surface area contributed by atoms with E-state index in [4.69, 9.17) is 11.5 Å². The van der Waals surface area contributed by atoms with Crippen LogP contribution in [0.15, 0.2) is 47.5 Å². The molecule has 0 saturated heterocycles. The molecule has 2 aromatic carbocycles. The zero-order chi connectivity index (χ0) is 19.1. The Kier molecular flexibility index (Phi) is 4.74. The average Bonchev–Trinajstić information content (AvgIpc) is 2.56. The molecule has 138 valence electrons. The van der Waals surface area contributed by atoms with E-state index < -0.39 is 39.6 Å². The summed E-state index contributed by atoms with van der Waals surface area (Å²) in [4.78, 5) is 4.18. The van der Waals surface area contributed by atoms with Crippen molar-refractivity contribution in [1.82, 2.24) is 0 Å².